The van der Waals surface area contributed by atoms with E-state index in [-0.39, 0.29) is 5.91 Å². The van der Waals surface area contributed by atoms with Crippen molar-refractivity contribution in [3.8, 4) is 11.3 Å². The van der Waals surface area contributed by atoms with Crippen molar-refractivity contribution < 1.29 is 9.53 Å². The van der Waals surface area contributed by atoms with Gasteiger partial charge in [-0.2, -0.15) is 5.10 Å². The van der Waals surface area contributed by atoms with Crippen molar-refractivity contribution in [1.29, 1.82) is 0 Å². The van der Waals surface area contributed by atoms with Crippen LogP contribution in [0.25, 0.3) is 22.2 Å². The van der Waals surface area contributed by atoms with E-state index in [1.807, 2.05) is 50.5 Å². The first kappa shape index (κ1) is 28.7. The molecule has 0 unspecified atom stereocenters. The molecule has 3 N–H and O–H groups in total. The number of ether oxygens (including phenoxy) is 1. The minimum absolute atomic E-state index is 0.0859. The number of nitrogens with one attached hydrogen (secondary N) is 3. The number of anilines is 2. The molecule has 41 heavy (non-hydrogen) atoms. The average molecular weight is 556 g/mol. The van der Waals surface area contributed by atoms with Gasteiger partial charge in [0.15, 0.2) is 5.82 Å². The highest BCUT2D eigenvalue weighted by molar-refractivity contribution is 5.92. The molecule has 1 aliphatic rings. The van der Waals surface area contributed by atoms with E-state index in [1.54, 1.807) is 11.8 Å². The molecule has 4 aromatic rings. The summed E-state index contributed by atoms with van der Waals surface area (Å²) < 4.78 is 6.96. The van der Waals surface area contributed by atoms with Crippen molar-refractivity contribution in [2.75, 3.05) is 30.9 Å². The fraction of sp³-hybridized carbons (Fsp3) is 0.438. The van der Waals surface area contributed by atoms with Crippen LogP contribution in [-0.2, 0) is 29.4 Å². The number of aryl methyl sites for hydroxylation is 3. The molecule has 1 fully saturated rings. The van der Waals surface area contributed by atoms with Crippen LogP contribution in [0.15, 0.2) is 48.7 Å². The minimum atomic E-state index is -0.0859. The summed E-state index contributed by atoms with van der Waals surface area (Å²) in [5.74, 6) is 1.14. The highest BCUT2D eigenvalue weighted by atomic mass is 16.5. The summed E-state index contributed by atoms with van der Waals surface area (Å²) in [6.07, 6.45) is 7.52. The zero-order chi connectivity index (χ0) is 28.8. The van der Waals surface area contributed by atoms with E-state index in [2.05, 4.69) is 45.1 Å². The first-order valence-electron chi connectivity index (χ1n) is 14.6. The second-order valence-corrected chi connectivity index (χ2v) is 11.0. The number of carbonyl (C=O) groups excluding carboxylic acids is 1. The van der Waals surface area contributed by atoms with Crippen molar-refractivity contribution in [1.82, 2.24) is 25.1 Å². The molecule has 2 aromatic carbocycles. The topological polar surface area (TPSA) is 106 Å². The maximum Gasteiger partial charge on any atom is 0.229 e. The predicted molar refractivity (Wildman–Crippen MR) is 164 cm³/mol. The van der Waals surface area contributed by atoms with Crippen LogP contribution in [-0.4, -0.2) is 58.0 Å². The van der Waals surface area contributed by atoms with E-state index in [1.165, 1.54) is 0 Å². The van der Waals surface area contributed by atoms with Gasteiger partial charge in [-0.25, -0.2) is 9.97 Å². The number of methoxy groups -OCH3 is 1. The summed E-state index contributed by atoms with van der Waals surface area (Å²) in [6, 6.07) is 15.1. The Kier molecular flexibility index (Phi) is 9.26. The van der Waals surface area contributed by atoms with Gasteiger partial charge in [-0.05, 0) is 62.3 Å². The molecule has 0 saturated heterocycles. The van der Waals surface area contributed by atoms with Crippen molar-refractivity contribution in [3.05, 3.63) is 65.4 Å². The van der Waals surface area contributed by atoms with Gasteiger partial charge in [-0.3, -0.25) is 9.48 Å². The third kappa shape index (κ3) is 7.28. The highest BCUT2D eigenvalue weighted by Crippen LogP contribution is 2.30. The number of carbonyl (C=O) groups is 1. The molecular weight excluding hydrogens is 514 g/mol. The standard InChI is InChI=1S/C32H41N7O2/c1-5-23-17-24(28-19-29(38-39(28)3)36-30(40)16-22-8-6-7-21(2)15-22)18-25-20-34-32(37-31(23)25)35-27-11-9-26(10-12-27)33-13-14-41-4/h6-8,15,17-20,26-27,33H,5,9-14,16H2,1-4H3,(H,34,35,37)(H,36,38,40). The molecule has 1 saturated carbocycles. The van der Waals surface area contributed by atoms with Crippen molar-refractivity contribution in [2.45, 2.75) is 64.5 Å². The van der Waals surface area contributed by atoms with Gasteiger partial charge in [0.25, 0.3) is 0 Å². The average Bonchev–Trinajstić information content (AvgIpc) is 3.33. The van der Waals surface area contributed by atoms with Crippen LogP contribution in [0.5, 0.6) is 0 Å². The van der Waals surface area contributed by atoms with E-state index in [4.69, 9.17) is 9.72 Å². The van der Waals surface area contributed by atoms with E-state index in [0.29, 0.717) is 30.3 Å². The maximum atomic E-state index is 12.7. The van der Waals surface area contributed by atoms with E-state index >= 15 is 0 Å². The Morgan fingerprint density at radius 1 is 1.10 bits per heavy atom. The summed E-state index contributed by atoms with van der Waals surface area (Å²) in [5, 5.41) is 15.7. The van der Waals surface area contributed by atoms with Gasteiger partial charge in [0.2, 0.25) is 11.9 Å². The quantitative estimate of drug-likeness (QED) is 0.223. The number of rotatable bonds is 11. The molecule has 0 spiro atoms. The minimum Gasteiger partial charge on any atom is -0.383 e. The number of aromatic nitrogens is 4. The molecule has 2 heterocycles. The first-order chi connectivity index (χ1) is 19.9. The lowest BCUT2D eigenvalue weighted by molar-refractivity contribution is -0.115. The number of hydrogen-bond acceptors (Lipinski definition) is 7. The normalized spacial score (nSPS) is 17.1. The van der Waals surface area contributed by atoms with Crippen LogP contribution in [0.3, 0.4) is 0 Å². The lowest BCUT2D eigenvalue weighted by Gasteiger charge is -2.29. The third-order valence-electron chi connectivity index (χ3n) is 7.83. The van der Waals surface area contributed by atoms with E-state index < -0.39 is 0 Å². The van der Waals surface area contributed by atoms with E-state index in [0.717, 1.165) is 84.1 Å². The van der Waals surface area contributed by atoms with Gasteiger partial charge in [0.1, 0.15) is 0 Å². The molecular formula is C32H41N7O2. The monoisotopic (exact) mass is 555 g/mol. The summed E-state index contributed by atoms with van der Waals surface area (Å²) in [5.41, 5.74) is 6.19. The van der Waals surface area contributed by atoms with Gasteiger partial charge in [0, 0.05) is 56.0 Å². The number of fused-ring (bicyclic) bond motifs is 1. The number of amides is 1. The summed E-state index contributed by atoms with van der Waals surface area (Å²) in [6.45, 7) is 5.82. The van der Waals surface area contributed by atoms with E-state index in [9.17, 15) is 4.79 Å². The Hall–Kier alpha value is -3.82. The Bertz CT molecular complexity index is 1490. The molecule has 2 aromatic heterocycles. The second kappa shape index (κ2) is 13.2. The Morgan fingerprint density at radius 2 is 1.90 bits per heavy atom. The first-order valence-corrected chi connectivity index (χ1v) is 14.6. The Labute approximate surface area is 242 Å². The van der Waals surface area contributed by atoms with Gasteiger partial charge < -0.3 is 20.7 Å². The molecule has 216 valence electrons. The lowest BCUT2D eigenvalue weighted by Crippen LogP contribution is -2.38. The lowest BCUT2D eigenvalue weighted by atomic mass is 9.91. The van der Waals surface area contributed by atoms with Crippen LogP contribution in [0.2, 0.25) is 0 Å². The predicted octanol–water partition coefficient (Wildman–Crippen LogP) is 5.04. The third-order valence-corrected chi connectivity index (χ3v) is 7.83. The van der Waals surface area contributed by atoms with Crippen LogP contribution in [0.1, 0.15) is 49.3 Å². The van der Waals surface area contributed by atoms with Crippen LogP contribution in [0, 0.1) is 6.92 Å². The Morgan fingerprint density at radius 3 is 2.66 bits per heavy atom. The summed E-state index contributed by atoms with van der Waals surface area (Å²) in [4.78, 5) is 22.3. The van der Waals surface area contributed by atoms with Crippen molar-refractivity contribution in [2.24, 2.45) is 7.05 Å². The number of hydrogen-bond donors (Lipinski definition) is 3. The van der Waals surface area contributed by atoms with Crippen LogP contribution >= 0.6 is 0 Å². The largest absolute Gasteiger partial charge is 0.383 e. The molecule has 0 bridgehead atoms. The van der Waals surface area contributed by atoms with Gasteiger partial charge in [-0.1, -0.05) is 36.8 Å². The zero-order valence-electron chi connectivity index (χ0n) is 24.5. The molecule has 0 radical (unpaired) electrons. The van der Waals surface area contributed by atoms with Gasteiger partial charge in [-0.15, -0.1) is 0 Å². The fourth-order valence-electron chi connectivity index (χ4n) is 5.69. The SMILES string of the molecule is CCc1cc(-c2cc(NC(=O)Cc3cccc(C)c3)nn2C)cc2cnc(NC3CCC(NCCOC)CC3)nc12. The van der Waals surface area contributed by atoms with Crippen LogP contribution in [0.4, 0.5) is 11.8 Å². The molecule has 9 nitrogen and oxygen atoms in total. The Balaban J connectivity index is 1.27. The zero-order valence-corrected chi connectivity index (χ0v) is 24.5. The molecule has 1 aliphatic carbocycles. The number of benzene rings is 2. The molecule has 0 atom stereocenters. The summed E-state index contributed by atoms with van der Waals surface area (Å²) in [7, 11) is 3.63. The van der Waals surface area contributed by atoms with Gasteiger partial charge in [0.05, 0.1) is 24.2 Å². The smallest absolute Gasteiger partial charge is 0.229 e. The molecule has 5 rings (SSSR count). The molecule has 9 heteroatoms. The second-order valence-electron chi connectivity index (χ2n) is 11.0. The highest BCUT2D eigenvalue weighted by Gasteiger charge is 2.21. The van der Waals surface area contributed by atoms with Crippen LogP contribution < -0.4 is 16.0 Å². The molecule has 0 aliphatic heterocycles. The molecule has 1 amide bonds. The summed E-state index contributed by atoms with van der Waals surface area (Å²) >= 11 is 0. The fourth-order valence-corrected chi connectivity index (χ4v) is 5.69. The van der Waals surface area contributed by atoms with Gasteiger partial charge >= 0.3 is 0 Å². The number of nitrogens with zero attached hydrogens (tertiary/aromatic N) is 4. The van der Waals surface area contributed by atoms with Crippen molar-refractivity contribution >= 4 is 28.6 Å². The van der Waals surface area contributed by atoms with Crippen molar-refractivity contribution in [3.63, 3.8) is 0 Å². The maximum absolute atomic E-state index is 12.7.